The second-order valence-electron chi connectivity index (χ2n) is 8.87. The molecule has 0 amide bonds. The summed E-state index contributed by atoms with van der Waals surface area (Å²) in [7, 11) is -3.45. The number of hydrogen-bond acceptors (Lipinski definition) is 7. The van der Waals surface area contributed by atoms with Crippen molar-refractivity contribution < 1.29 is 18.0 Å². The van der Waals surface area contributed by atoms with Crippen LogP contribution >= 0.6 is 0 Å². The molecule has 11 heteroatoms. The Labute approximate surface area is 203 Å². The van der Waals surface area contributed by atoms with Gasteiger partial charge in [0.1, 0.15) is 0 Å². The lowest BCUT2D eigenvalue weighted by molar-refractivity contribution is -0.118. The van der Waals surface area contributed by atoms with Crippen molar-refractivity contribution in [3.05, 3.63) is 24.5 Å². The maximum absolute atomic E-state index is 13.1. The van der Waals surface area contributed by atoms with Gasteiger partial charge in [-0.15, -0.1) is 0 Å². The summed E-state index contributed by atoms with van der Waals surface area (Å²) in [6.07, 6.45) is 10.4. The number of guanidine groups is 1. The van der Waals surface area contributed by atoms with Crippen LogP contribution in [0.15, 0.2) is 24.5 Å². The normalized spacial score (nSPS) is 17.8. The Morgan fingerprint density at radius 3 is 2.59 bits per heavy atom. The molecule has 1 aromatic rings. The van der Waals surface area contributed by atoms with Gasteiger partial charge < -0.3 is 15.4 Å². The van der Waals surface area contributed by atoms with Crippen LogP contribution in [0.5, 0.6) is 0 Å². The van der Waals surface area contributed by atoms with Crippen LogP contribution in [0.2, 0.25) is 0 Å². The molecule has 2 aliphatic rings. The number of pyridine rings is 1. The molecule has 3 rings (SSSR count). The molecule has 3 N–H and O–H groups in total. The summed E-state index contributed by atoms with van der Waals surface area (Å²) in [5.74, 6) is 0.365. The van der Waals surface area contributed by atoms with Crippen LogP contribution in [0, 0.1) is 5.41 Å². The fourth-order valence-electron chi connectivity index (χ4n) is 4.30. The molecule has 0 radical (unpaired) electrons. The molecule has 34 heavy (non-hydrogen) atoms. The number of nitrogens with zero attached hydrogens (tertiary/aromatic N) is 3. The van der Waals surface area contributed by atoms with Crippen molar-refractivity contribution in [3.63, 3.8) is 0 Å². The molecule has 0 unspecified atom stereocenters. The molecule has 1 aliphatic carbocycles. The van der Waals surface area contributed by atoms with E-state index in [2.05, 4.69) is 20.5 Å². The van der Waals surface area contributed by atoms with E-state index in [9.17, 15) is 8.42 Å². The zero-order valence-corrected chi connectivity index (χ0v) is 20.9. The van der Waals surface area contributed by atoms with E-state index in [-0.39, 0.29) is 17.8 Å². The number of unbranched alkanes of at least 4 members (excludes halogenated alkanes) is 3. The molecule has 1 saturated carbocycles. The molecular weight excluding hydrogens is 456 g/mol. The van der Waals surface area contributed by atoms with E-state index < -0.39 is 10.0 Å². The van der Waals surface area contributed by atoms with E-state index in [1.54, 1.807) is 24.5 Å². The SMILES string of the molecule is N=C(NCCCCCCS(=O)(=O)N(OCCN1CCOCC1)C1CCCC1)Nc1ccncc1. The summed E-state index contributed by atoms with van der Waals surface area (Å²) in [5, 5.41) is 13.9. The second-order valence-corrected chi connectivity index (χ2v) is 10.8. The van der Waals surface area contributed by atoms with E-state index in [4.69, 9.17) is 15.0 Å². The highest BCUT2D eigenvalue weighted by molar-refractivity contribution is 7.88. The largest absolute Gasteiger partial charge is 0.379 e. The number of sulfonamides is 1. The number of rotatable bonds is 14. The van der Waals surface area contributed by atoms with Crippen molar-refractivity contribution in [3.8, 4) is 0 Å². The van der Waals surface area contributed by atoms with Crippen molar-refractivity contribution in [1.29, 1.82) is 5.41 Å². The van der Waals surface area contributed by atoms with Gasteiger partial charge in [0.2, 0.25) is 10.0 Å². The van der Waals surface area contributed by atoms with Crippen LogP contribution in [-0.2, 0) is 19.6 Å². The van der Waals surface area contributed by atoms with E-state index >= 15 is 0 Å². The van der Waals surface area contributed by atoms with Gasteiger partial charge in [-0.3, -0.25) is 20.1 Å². The van der Waals surface area contributed by atoms with Crippen molar-refractivity contribution in [1.82, 2.24) is 19.7 Å². The molecule has 192 valence electrons. The van der Waals surface area contributed by atoms with E-state index in [0.717, 1.165) is 83.5 Å². The Morgan fingerprint density at radius 2 is 1.85 bits per heavy atom. The van der Waals surface area contributed by atoms with Gasteiger partial charge in [0.05, 0.1) is 31.6 Å². The summed E-state index contributed by atoms with van der Waals surface area (Å²) < 4.78 is 32.8. The number of anilines is 1. The summed E-state index contributed by atoms with van der Waals surface area (Å²) in [5.41, 5.74) is 0.816. The number of morpholine rings is 1. The smallest absolute Gasteiger partial charge is 0.236 e. The van der Waals surface area contributed by atoms with Gasteiger partial charge in [-0.1, -0.05) is 30.2 Å². The highest BCUT2D eigenvalue weighted by Crippen LogP contribution is 2.26. The highest BCUT2D eigenvalue weighted by Gasteiger charge is 2.33. The number of ether oxygens (including phenoxy) is 1. The van der Waals surface area contributed by atoms with E-state index in [1.807, 2.05) is 0 Å². The Hall–Kier alpha value is -1.79. The van der Waals surface area contributed by atoms with Crippen LogP contribution in [0.25, 0.3) is 0 Å². The average molecular weight is 497 g/mol. The predicted molar refractivity (Wildman–Crippen MR) is 133 cm³/mol. The van der Waals surface area contributed by atoms with Crippen molar-refractivity contribution in [2.75, 3.05) is 57.1 Å². The molecule has 1 aromatic heterocycles. The van der Waals surface area contributed by atoms with Crippen LogP contribution in [-0.4, -0.2) is 86.5 Å². The molecule has 2 fully saturated rings. The minimum atomic E-state index is -3.45. The third-order valence-electron chi connectivity index (χ3n) is 6.21. The number of hydrogen-bond donors (Lipinski definition) is 3. The third-order valence-corrected chi connectivity index (χ3v) is 7.96. The van der Waals surface area contributed by atoms with Crippen LogP contribution in [0.3, 0.4) is 0 Å². The van der Waals surface area contributed by atoms with E-state index in [0.29, 0.717) is 19.6 Å². The van der Waals surface area contributed by atoms with Crippen LogP contribution in [0.1, 0.15) is 51.4 Å². The van der Waals surface area contributed by atoms with E-state index in [1.165, 1.54) is 4.47 Å². The summed E-state index contributed by atoms with van der Waals surface area (Å²) in [6.45, 7) is 4.97. The second kappa shape index (κ2) is 14.6. The lowest BCUT2D eigenvalue weighted by atomic mass is 10.2. The van der Waals surface area contributed by atoms with Crippen molar-refractivity contribution >= 4 is 21.7 Å². The molecule has 0 aromatic carbocycles. The molecule has 2 heterocycles. The Kier molecular flexibility index (Phi) is 11.5. The Bertz CT molecular complexity index is 814. The maximum atomic E-state index is 13.1. The van der Waals surface area contributed by atoms with Gasteiger partial charge in [-0.2, -0.15) is 0 Å². The zero-order chi connectivity index (χ0) is 24.1. The van der Waals surface area contributed by atoms with Crippen molar-refractivity contribution in [2.45, 2.75) is 57.4 Å². The van der Waals surface area contributed by atoms with Gasteiger partial charge >= 0.3 is 0 Å². The Balaban J connectivity index is 1.32. The summed E-state index contributed by atoms with van der Waals surface area (Å²) in [4.78, 5) is 12.1. The Morgan fingerprint density at radius 1 is 1.15 bits per heavy atom. The number of hydroxylamine groups is 1. The molecule has 10 nitrogen and oxygen atoms in total. The first-order valence-corrected chi connectivity index (χ1v) is 14.1. The quantitative estimate of drug-likeness (QED) is 0.155. The van der Waals surface area contributed by atoms with Crippen molar-refractivity contribution in [2.24, 2.45) is 0 Å². The highest BCUT2D eigenvalue weighted by atomic mass is 32.2. The summed E-state index contributed by atoms with van der Waals surface area (Å²) in [6, 6.07) is 3.58. The maximum Gasteiger partial charge on any atom is 0.236 e. The molecule has 1 saturated heterocycles. The first-order valence-electron chi connectivity index (χ1n) is 12.5. The lowest BCUT2D eigenvalue weighted by Crippen LogP contribution is -2.43. The van der Waals surface area contributed by atoms with Gasteiger partial charge in [-0.25, -0.2) is 8.42 Å². The van der Waals surface area contributed by atoms with Crippen LogP contribution < -0.4 is 10.6 Å². The van der Waals surface area contributed by atoms with Gasteiger partial charge in [-0.05, 0) is 37.8 Å². The first-order chi connectivity index (χ1) is 16.5. The summed E-state index contributed by atoms with van der Waals surface area (Å²) >= 11 is 0. The monoisotopic (exact) mass is 496 g/mol. The number of aromatic nitrogens is 1. The lowest BCUT2D eigenvalue weighted by Gasteiger charge is -2.30. The molecule has 0 atom stereocenters. The molecular formula is C23H40N6O4S. The van der Waals surface area contributed by atoms with Gasteiger partial charge in [0.15, 0.2) is 5.96 Å². The molecule has 0 bridgehead atoms. The topological polar surface area (TPSA) is 120 Å². The minimum Gasteiger partial charge on any atom is -0.379 e. The minimum absolute atomic E-state index is 0.0298. The molecule has 1 aliphatic heterocycles. The molecule has 0 spiro atoms. The fraction of sp³-hybridized carbons (Fsp3) is 0.739. The predicted octanol–water partition coefficient (Wildman–Crippen LogP) is 2.42. The third kappa shape index (κ3) is 9.46. The fourth-order valence-corrected chi connectivity index (χ4v) is 5.95. The van der Waals surface area contributed by atoms with Crippen LogP contribution in [0.4, 0.5) is 5.69 Å². The van der Waals surface area contributed by atoms with Gasteiger partial charge in [0, 0.05) is 44.3 Å². The average Bonchev–Trinajstić information content (AvgIpc) is 3.37. The van der Waals surface area contributed by atoms with Gasteiger partial charge in [0.25, 0.3) is 0 Å². The number of nitrogens with one attached hydrogen (secondary N) is 3. The first kappa shape index (κ1) is 26.8. The standard InChI is InChI=1S/C23H40N6O4S/c24-23(27-21-9-12-25-13-10-21)26-11-5-1-2-6-20-34(30,31)29(22-7-3-4-8-22)33-19-16-28-14-17-32-18-15-28/h9-10,12-13,22H,1-8,11,14-20H2,(H3,24,25,26,27). The zero-order valence-electron chi connectivity index (χ0n) is 20.1.